The van der Waals surface area contributed by atoms with Crippen molar-refractivity contribution >= 4 is 17.6 Å². The molecule has 0 aromatic heterocycles. The second-order valence-electron chi connectivity index (χ2n) is 10.8. The first kappa shape index (κ1) is 27.1. The molecule has 1 amide bonds. The fraction of sp³-hybridized carbons (Fsp3) is 0.375. The van der Waals surface area contributed by atoms with Gasteiger partial charge >= 0.3 is 5.97 Å². The molecule has 3 aromatic carbocycles. The number of benzene rings is 3. The summed E-state index contributed by atoms with van der Waals surface area (Å²) in [6.07, 6.45) is 1.89. The van der Waals surface area contributed by atoms with Crippen LogP contribution in [0.15, 0.2) is 48.5 Å². The summed E-state index contributed by atoms with van der Waals surface area (Å²) in [7, 11) is 0. The van der Waals surface area contributed by atoms with Crippen LogP contribution in [-0.4, -0.2) is 48.4 Å². The number of ether oxygens (including phenoxy) is 3. The molecule has 0 saturated carbocycles. The molecule has 0 aliphatic carbocycles. The number of nitrogens with one attached hydrogen (secondary N) is 1. The summed E-state index contributed by atoms with van der Waals surface area (Å²) in [5.74, 6) is -0.714. The molecule has 8 nitrogen and oxygen atoms in total. The molecule has 2 N–H and O–H groups in total. The molecule has 41 heavy (non-hydrogen) atoms. The number of rotatable bonds is 8. The van der Waals surface area contributed by atoms with Gasteiger partial charge in [0.15, 0.2) is 11.5 Å². The zero-order valence-corrected chi connectivity index (χ0v) is 23.1. The van der Waals surface area contributed by atoms with Gasteiger partial charge < -0.3 is 24.6 Å². The van der Waals surface area contributed by atoms with Gasteiger partial charge in [0.2, 0.25) is 12.7 Å². The number of carboxylic acids is 1. The van der Waals surface area contributed by atoms with Gasteiger partial charge in [-0.15, -0.1) is 0 Å². The van der Waals surface area contributed by atoms with Crippen LogP contribution in [0.1, 0.15) is 53.6 Å². The Bertz CT molecular complexity index is 1480. The zero-order chi connectivity index (χ0) is 28.7. The molecular formula is C32H33FN2O6. The van der Waals surface area contributed by atoms with E-state index in [9.17, 15) is 19.1 Å². The van der Waals surface area contributed by atoms with Crippen molar-refractivity contribution in [2.45, 2.75) is 45.1 Å². The molecule has 0 radical (unpaired) electrons. The van der Waals surface area contributed by atoms with Crippen LogP contribution < -0.4 is 19.5 Å². The Morgan fingerprint density at radius 1 is 0.951 bits per heavy atom. The van der Waals surface area contributed by atoms with Gasteiger partial charge in [-0.05, 0) is 71.0 Å². The van der Waals surface area contributed by atoms with E-state index in [1.807, 2.05) is 49.1 Å². The summed E-state index contributed by atoms with van der Waals surface area (Å²) in [5, 5.41) is 13.6. The third-order valence-electron chi connectivity index (χ3n) is 8.40. The molecule has 1 unspecified atom stereocenters. The van der Waals surface area contributed by atoms with Crippen molar-refractivity contribution in [1.82, 2.24) is 4.90 Å². The largest absolute Gasteiger partial charge is 0.493 e. The van der Waals surface area contributed by atoms with Crippen LogP contribution in [0.2, 0.25) is 0 Å². The van der Waals surface area contributed by atoms with Crippen molar-refractivity contribution in [3.05, 3.63) is 82.2 Å². The number of likely N-dealkylation sites (tertiary alicyclic amines) is 1. The first-order chi connectivity index (χ1) is 19.9. The van der Waals surface area contributed by atoms with Crippen molar-refractivity contribution in [1.29, 1.82) is 0 Å². The van der Waals surface area contributed by atoms with Gasteiger partial charge in [0.05, 0.1) is 19.1 Å². The number of carbonyl (C=O) groups excluding carboxylic acids is 1. The Hall–Kier alpha value is -4.11. The van der Waals surface area contributed by atoms with Gasteiger partial charge in [0, 0.05) is 30.6 Å². The lowest BCUT2D eigenvalue weighted by molar-refractivity contribution is -0.143. The fourth-order valence-corrected chi connectivity index (χ4v) is 6.47. The van der Waals surface area contributed by atoms with Gasteiger partial charge in [-0.1, -0.05) is 32.0 Å². The predicted octanol–water partition coefficient (Wildman–Crippen LogP) is 5.09. The minimum absolute atomic E-state index is 0.0211. The maximum atomic E-state index is 14.2. The van der Waals surface area contributed by atoms with E-state index < -0.39 is 23.8 Å². The van der Waals surface area contributed by atoms with Crippen LogP contribution in [0.3, 0.4) is 0 Å². The summed E-state index contributed by atoms with van der Waals surface area (Å²) >= 11 is 0. The number of amides is 1. The topological polar surface area (TPSA) is 97.3 Å². The zero-order valence-electron chi connectivity index (χ0n) is 23.1. The number of fused-ring (bicyclic) bond motifs is 2. The van der Waals surface area contributed by atoms with E-state index in [4.69, 9.17) is 14.2 Å². The van der Waals surface area contributed by atoms with Gasteiger partial charge in [0.1, 0.15) is 11.6 Å². The lowest BCUT2D eigenvalue weighted by Gasteiger charge is -2.27. The van der Waals surface area contributed by atoms with Crippen molar-refractivity contribution in [3.63, 3.8) is 0 Å². The molecule has 3 heterocycles. The number of aliphatic carboxylic acids is 1. The average Bonchev–Trinajstić information content (AvgIpc) is 3.71. The summed E-state index contributed by atoms with van der Waals surface area (Å²) < 4.78 is 30.9. The van der Waals surface area contributed by atoms with Crippen molar-refractivity contribution in [3.8, 4) is 17.2 Å². The monoisotopic (exact) mass is 560 g/mol. The number of halogens is 1. The summed E-state index contributed by atoms with van der Waals surface area (Å²) in [6, 6.07) is 13.7. The quantitative estimate of drug-likeness (QED) is 0.396. The highest BCUT2D eigenvalue weighted by Crippen LogP contribution is 2.48. The van der Waals surface area contributed by atoms with Crippen LogP contribution in [0.5, 0.6) is 17.2 Å². The van der Waals surface area contributed by atoms with Crippen molar-refractivity contribution in [2.24, 2.45) is 5.92 Å². The molecule has 3 aliphatic rings. The normalized spacial score (nSPS) is 21.0. The molecule has 0 bridgehead atoms. The van der Waals surface area contributed by atoms with Gasteiger partial charge in [0.25, 0.3) is 0 Å². The maximum Gasteiger partial charge on any atom is 0.309 e. The molecule has 6 rings (SSSR count). The van der Waals surface area contributed by atoms with Gasteiger partial charge in [-0.3, -0.25) is 14.5 Å². The Labute approximate surface area is 238 Å². The molecule has 9 heteroatoms. The summed E-state index contributed by atoms with van der Waals surface area (Å²) in [5.41, 5.74) is 4.78. The number of hydrogen-bond acceptors (Lipinski definition) is 6. The van der Waals surface area contributed by atoms with E-state index in [2.05, 4.69) is 5.32 Å². The Kier molecular flexibility index (Phi) is 7.30. The highest BCUT2D eigenvalue weighted by Gasteiger charge is 2.48. The van der Waals surface area contributed by atoms with E-state index in [-0.39, 0.29) is 25.1 Å². The van der Waals surface area contributed by atoms with Crippen LogP contribution in [0.25, 0.3) is 0 Å². The number of anilines is 1. The summed E-state index contributed by atoms with van der Waals surface area (Å²) in [6.45, 7) is 4.90. The molecule has 3 atom stereocenters. The smallest absolute Gasteiger partial charge is 0.309 e. The van der Waals surface area contributed by atoms with Gasteiger partial charge in [-0.2, -0.15) is 0 Å². The van der Waals surface area contributed by atoms with Gasteiger partial charge in [-0.25, -0.2) is 4.39 Å². The number of carbonyl (C=O) groups is 2. The third-order valence-corrected chi connectivity index (χ3v) is 8.40. The van der Waals surface area contributed by atoms with E-state index >= 15 is 0 Å². The Morgan fingerprint density at radius 3 is 2.39 bits per heavy atom. The number of carboxylic acid groups (broad SMARTS) is 1. The summed E-state index contributed by atoms with van der Waals surface area (Å²) in [4.78, 5) is 28.4. The molecular weight excluding hydrogens is 527 g/mol. The van der Waals surface area contributed by atoms with Crippen LogP contribution in [-0.2, 0) is 28.9 Å². The van der Waals surface area contributed by atoms with E-state index in [1.165, 1.54) is 12.1 Å². The lowest BCUT2D eigenvalue weighted by atomic mass is 9.82. The highest BCUT2D eigenvalue weighted by atomic mass is 19.1. The van der Waals surface area contributed by atoms with Crippen LogP contribution in [0.4, 0.5) is 10.1 Å². The molecule has 3 aliphatic heterocycles. The second kappa shape index (κ2) is 11.0. The standard InChI is InChI=1S/C32H33FN2O6/c1-3-18-12-23(33)13-19(4-2)30(18)34-28(36)16-35-15-24(20-5-8-26-27(14-20)41-17-40-26)29(32(37)38)31(35)22-6-7-25-21(11-22)9-10-39-25/h5-8,11-14,24,29,31H,3-4,9-10,15-17H2,1-2H3,(H,34,36)(H,37,38)/t24-,29?,31+/m1/s1. The van der Waals surface area contributed by atoms with E-state index in [0.29, 0.717) is 43.2 Å². The van der Waals surface area contributed by atoms with Crippen LogP contribution >= 0.6 is 0 Å². The highest BCUT2D eigenvalue weighted by molar-refractivity contribution is 5.94. The Morgan fingerprint density at radius 2 is 1.66 bits per heavy atom. The third kappa shape index (κ3) is 5.10. The number of aryl methyl sites for hydroxylation is 2. The lowest BCUT2D eigenvalue weighted by Crippen LogP contribution is -2.35. The minimum Gasteiger partial charge on any atom is -0.493 e. The molecule has 1 fully saturated rings. The predicted molar refractivity (Wildman–Crippen MR) is 150 cm³/mol. The van der Waals surface area contributed by atoms with Crippen molar-refractivity contribution in [2.75, 3.05) is 31.8 Å². The maximum absolute atomic E-state index is 14.2. The molecule has 0 spiro atoms. The molecule has 214 valence electrons. The molecule has 3 aromatic rings. The van der Waals surface area contributed by atoms with E-state index in [0.717, 1.165) is 40.0 Å². The minimum atomic E-state index is -0.933. The SMILES string of the molecule is CCc1cc(F)cc(CC)c1NC(=O)CN1C[C@H](c2ccc3c(c2)OCO3)C(C(=O)O)[C@@H]1c1ccc2c(c1)CCO2. The first-order valence-electron chi connectivity index (χ1n) is 14.1. The number of hydrogen-bond donors (Lipinski definition) is 2. The van der Waals surface area contributed by atoms with Crippen LogP contribution in [0, 0.1) is 11.7 Å². The second-order valence-corrected chi connectivity index (χ2v) is 10.8. The number of nitrogens with zero attached hydrogens (tertiary/aromatic N) is 1. The van der Waals surface area contributed by atoms with E-state index in [1.54, 1.807) is 6.07 Å². The fourth-order valence-electron chi connectivity index (χ4n) is 6.47. The molecule has 1 saturated heterocycles. The first-order valence-corrected chi connectivity index (χ1v) is 14.1. The average molecular weight is 561 g/mol. The Balaban J connectivity index is 1.35. The van der Waals surface area contributed by atoms with Crippen molar-refractivity contribution < 1.29 is 33.3 Å².